The van der Waals surface area contributed by atoms with Gasteiger partial charge >= 0.3 is 5.97 Å². The first-order valence-electron chi connectivity index (χ1n) is 6.24. The minimum absolute atomic E-state index is 0.0948. The molecule has 0 saturated heterocycles. The Morgan fingerprint density at radius 3 is 2.61 bits per heavy atom. The second kappa shape index (κ2) is 5.57. The molecular formula is C12H23NO4S. The Morgan fingerprint density at radius 2 is 2.06 bits per heavy atom. The van der Waals surface area contributed by atoms with Crippen molar-refractivity contribution in [2.24, 2.45) is 11.1 Å². The first kappa shape index (κ1) is 15.4. The van der Waals surface area contributed by atoms with Gasteiger partial charge in [-0.05, 0) is 18.3 Å². The molecule has 1 aliphatic carbocycles. The number of hydrogen-bond acceptors (Lipinski definition) is 5. The maximum atomic E-state index is 12.2. The topological polar surface area (TPSA) is 86.5 Å². The lowest BCUT2D eigenvalue weighted by molar-refractivity contribution is -0.140. The number of sulfone groups is 1. The van der Waals surface area contributed by atoms with Crippen molar-refractivity contribution in [3.8, 4) is 0 Å². The maximum absolute atomic E-state index is 12.2. The monoisotopic (exact) mass is 277 g/mol. The highest BCUT2D eigenvalue weighted by atomic mass is 32.2. The molecule has 6 heteroatoms. The van der Waals surface area contributed by atoms with Crippen LogP contribution in [0.25, 0.3) is 0 Å². The molecule has 2 unspecified atom stereocenters. The van der Waals surface area contributed by atoms with E-state index >= 15 is 0 Å². The molecule has 1 rings (SSSR count). The molecule has 0 radical (unpaired) electrons. The molecule has 1 saturated carbocycles. The molecule has 0 aromatic heterocycles. The minimum atomic E-state index is -3.33. The Labute approximate surface area is 109 Å². The molecule has 5 nitrogen and oxygen atoms in total. The Hall–Kier alpha value is -0.620. The van der Waals surface area contributed by atoms with Crippen molar-refractivity contribution in [2.75, 3.05) is 12.9 Å². The zero-order chi connectivity index (χ0) is 14.0. The third-order valence-corrected chi connectivity index (χ3v) is 6.12. The molecule has 2 atom stereocenters. The van der Waals surface area contributed by atoms with Crippen LogP contribution >= 0.6 is 0 Å². The summed E-state index contributed by atoms with van der Waals surface area (Å²) in [5.41, 5.74) is 5.92. The predicted octanol–water partition coefficient (Wildman–Crippen LogP) is 0.870. The maximum Gasteiger partial charge on any atom is 0.306 e. The summed E-state index contributed by atoms with van der Waals surface area (Å²) in [6, 6.07) is -0.367. The summed E-state index contributed by atoms with van der Waals surface area (Å²) in [5.74, 6) is -0.670. The standard InChI is InChI=1S/C12H23NO4S/c1-12(2)7-4-5-9(11(12)13)18(15,16)8-6-10(14)17-3/h9,11H,4-8,13H2,1-3H3. The van der Waals surface area contributed by atoms with E-state index in [0.29, 0.717) is 6.42 Å². The molecule has 0 aliphatic heterocycles. The summed E-state index contributed by atoms with van der Waals surface area (Å²) in [5, 5.41) is -0.536. The zero-order valence-electron chi connectivity index (χ0n) is 11.3. The van der Waals surface area contributed by atoms with E-state index in [9.17, 15) is 13.2 Å². The van der Waals surface area contributed by atoms with Crippen LogP contribution in [0, 0.1) is 5.41 Å². The van der Waals surface area contributed by atoms with Crippen molar-refractivity contribution in [1.82, 2.24) is 0 Å². The van der Waals surface area contributed by atoms with Gasteiger partial charge in [0, 0.05) is 6.04 Å². The first-order chi connectivity index (χ1) is 8.20. The van der Waals surface area contributed by atoms with E-state index < -0.39 is 21.1 Å². The number of esters is 1. The van der Waals surface area contributed by atoms with Gasteiger partial charge in [-0.1, -0.05) is 20.3 Å². The molecule has 0 aromatic carbocycles. The van der Waals surface area contributed by atoms with Crippen LogP contribution in [0.5, 0.6) is 0 Å². The summed E-state index contributed by atoms with van der Waals surface area (Å²) in [6.45, 7) is 4.00. The van der Waals surface area contributed by atoms with Crippen LogP contribution in [0.15, 0.2) is 0 Å². The van der Waals surface area contributed by atoms with Gasteiger partial charge in [-0.2, -0.15) is 0 Å². The van der Waals surface area contributed by atoms with Crippen molar-refractivity contribution in [3.63, 3.8) is 0 Å². The second-order valence-corrected chi connectivity index (χ2v) is 7.98. The molecular weight excluding hydrogens is 254 g/mol. The van der Waals surface area contributed by atoms with Crippen molar-refractivity contribution >= 4 is 15.8 Å². The quantitative estimate of drug-likeness (QED) is 0.771. The summed E-state index contributed by atoms with van der Waals surface area (Å²) < 4.78 is 28.9. The Balaban J connectivity index is 2.75. The molecule has 106 valence electrons. The third-order valence-electron chi connectivity index (χ3n) is 3.89. The van der Waals surface area contributed by atoms with Crippen molar-refractivity contribution in [1.29, 1.82) is 0 Å². The van der Waals surface area contributed by atoms with Crippen LogP contribution < -0.4 is 5.73 Å². The second-order valence-electron chi connectivity index (χ2n) is 5.64. The van der Waals surface area contributed by atoms with Gasteiger partial charge in [0.1, 0.15) is 0 Å². The smallest absolute Gasteiger partial charge is 0.306 e. The lowest BCUT2D eigenvalue weighted by atomic mass is 9.73. The van der Waals surface area contributed by atoms with Gasteiger partial charge in [0.15, 0.2) is 9.84 Å². The number of nitrogens with two attached hydrogens (primary N) is 1. The zero-order valence-corrected chi connectivity index (χ0v) is 12.1. The van der Waals surface area contributed by atoms with E-state index in [1.54, 1.807) is 0 Å². The largest absolute Gasteiger partial charge is 0.469 e. The molecule has 0 amide bonds. The molecule has 1 aliphatic rings. The van der Waals surface area contributed by atoms with Crippen LogP contribution in [0.4, 0.5) is 0 Å². The van der Waals surface area contributed by atoms with Crippen molar-refractivity contribution < 1.29 is 17.9 Å². The molecule has 1 fully saturated rings. The summed E-state index contributed by atoms with van der Waals surface area (Å²) >= 11 is 0. The van der Waals surface area contributed by atoms with E-state index in [1.807, 2.05) is 13.8 Å². The van der Waals surface area contributed by atoms with E-state index in [2.05, 4.69) is 4.74 Å². The highest BCUT2D eigenvalue weighted by Gasteiger charge is 2.42. The summed E-state index contributed by atoms with van der Waals surface area (Å²) in [7, 11) is -2.08. The van der Waals surface area contributed by atoms with Crippen LogP contribution in [0.1, 0.15) is 39.5 Å². The number of methoxy groups -OCH3 is 1. The van der Waals surface area contributed by atoms with Crippen LogP contribution in [0.2, 0.25) is 0 Å². The number of ether oxygens (including phenoxy) is 1. The average Bonchev–Trinajstić information content (AvgIpc) is 2.29. The lowest BCUT2D eigenvalue weighted by Crippen LogP contribution is -2.53. The highest BCUT2D eigenvalue weighted by Crippen LogP contribution is 2.37. The van der Waals surface area contributed by atoms with Gasteiger partial charge in [-0.15, -0.1) is 0 Å². The van der Waals surface area contributed by atoms with Gasteiger partial charge in [-0.25, -0.2) is 8.42 Å². The number of hydrogen-bond donors (Lipinski definition) is 1. The molecule has 2 N–H and O–H groups in total. The van der Waals surface area contributed by atoms with E-state index in [4.69, 9.17) is 5.73 Å². The molecule has 0 bridgehead atoms. The summed E-state index contributed by atoms with van der Waals surface area (Å²) in [6.07, 6.45) is 2.30. The molecule has 0 spiro atoms. The fourth-order valence-electron chi connectivity index (χ4n) is 2.49. The Bertz CT molecular complexity index is 402. The molecule has 0 heterocycles. The van der Waals surface area contributed by atoms with Crippen molar-refractivity contribution in [3.05, 3.63) is 0 Å². The van der Waals surface area contributed by atoms with Crippen LogP contribution in [-0.2, 0) is 19.4 Å². The molecule has 18 heavy (non-hydrogen) atoms. The minimum Gasteiger partial charge on any atom is -0.469 e. The van der Waals surface area contributed by atoms with Gasteiger partial charge in [0.2, 0.25) is 0 Å². The predicted molar refractivity (Wildman–Crippen MR) is 69.8 cm³/mol. The van der Waals surface area contributed by atoms with E-state index in [0.717, 1.165) is 12.8 Å². The van der Waals surface area contributed by atoms with Crippen LogP contribution in [-0.4, -0.2) is 38.5 Å². The average molecular weight is 277 g/mol. The van der Waals surface area contributed by atoms with Gasteiger partial charge in [-0.3, -0.25) is 4.79 Å². The van der Waals surface area contributed by atoms with Crippen LogP contribution in [0.3, 0.4) is 0 Å². The fourth-order valence-corrected chi connectivity index (χ4v) is 4.59. The first-order valence-corrected chi connectivity index (χ1v) is 7.96. The SMILES string of the molecule is COC(=O)CCS(=O)(=O)C1CCCC(C)(C)C1N. The fraction of sp³-hybridized carbons (Fsp3) is 0.917. The van der Waals surface area contributed by atoms with Gasteiger partial charge < -0.3 is 10.5 Å². The highest BCUT2D eigenvalue weighted by molar-refractivity contribution is 7.92. The number of rotatable bonds is 4. The third kappa shape index (κ3) is 3.45. The van der Waals surface area contributed by atoms with Crippen molar-refractivity contribution in [2.45, 2.75) is 50.8 Å². The Kier molecular flexibility index (Phi) is 4.78. The summed E-state index contributed by atoms with van der Waals surface area (Å²) in [4.78, 5) is 11.0. The molecule has 0 aromatic rings. The Morgan fingerprint density at radius 1 is 1.44 bits per heavy atom. The van der Waals surface area contributed by atoms with Gasteiger partial charge in [0.25, 0.3) is 0 Å². The number of carbonyl (C=O) groups is 1. The van der Waals surface area contributed by atoms with E-state index in [1.165, 1.54) is 7.11 Å². The number of carbonyl (C=O) groups excluding carboxylic acids is 1. The normalized spacial score (nSPS) is 27.8. The van der Waals surface area contributed by atoms with E-state index in [-0.39, 0.29) is 23.6 Å². The van der Waals surface area contributed by atoms with Gasteiger partial charge in [0.05, 0.1) is 24.5 Å². The lowest BCUT2D eigenvalue weighted by Gasteiger charge is -2.41.